The number of fused-ring (bicyclic) bond motifs is 2. The number of benzene rings is 2. The molecule has 0 aliphatic carbocycles. The third kappa shape index (κ3) is 12.8. The van der Waals surface area contributed by atoms with Gasteiger partial charge >= 0.3 is 5.97 Å². The minimum absolute atomic E-state index is 0.000463. The van der Waals surface area contributed by atoms with E-state index in [0.717, 1.165) is 17.2 Å². The van der Waals surface area contributed by atoms with Crippen molar-refractivity contribution in [2.24, 2.45) is 0 Å². The van der Waals surface area contributed by atoms with Crippen LogP contribution in [0.25, 0.3) is 34.9 Å². The summed E-state index contributed by atoms with van der Waals surface area (Å²) in [6.07, 6.45) is 26.5. The number of pyridine rings is 1. The molecule has 0 radical (unpaired) electrons. The zero-order chi connectivity index (χ0) is 41.8. The first-order valence-corrected chi connectivity index (χ1v) is 18.1. The summed E-state index contributed by atoms with van der Waals surface area (Å²) in [6.45, 7) is 0. The molecule has 8 rings (SSSR count). The van der Waals surface area contributed by atoms with Gasteiger partial charge in [0.2, 0.25) is 0 Å². The molecule has 8 aromatic rings. The van der Waals surface area contributed by atoms with Crippen LogP contribution in [0.1, 0.15) is 27.3 Å². The van der Waals surface area contributed by atoms with Gasteiger partial charge in [0.05, 0.1) is 18.1 Å². The molecule has 0 unspecified atom stereocenters. The second-order valence-electron chi connectivity index (χ2n) is 12.5. The fourth-order valence-corrected chi connectivity index (χ4v) is 5.06. The van der Waals surface area contributed by atoms with Crippen LogP contribution >= 0.6 is 0 Å². The number of aromatic carboxylic acids is 1. The van der Waals surface area contributed by atoms with Crippen LogP contribution in [0.4, 0.5) is 17.5 Å². The number of nitrogens with zero attached hydrogens (tertiary/aromatic N) is 12. The summed E-state index contributed by atoms with van der Waals surface area (Å²) in [7, 11) is 7.83. The lowest BCUT2D eigenvalue weighted by Gasteiger charge is -2.09. The lowest BCUT2D eigenvalue weighted by Crippen LogP contribution is -2.26. The SMILES string of the molecule is CN(C)C#C/C=C/c1ccccc1.CN(C)c1nc2cnccn2c1/C=C/c1ccccc1.Nc1nc2cnccn2c1C(=O)O.c1cc[n+]([N-]c2cnccn2)cc1. The second-order valence-corrected chi connectivity index (χ2v) is 12.5. The van der Waals surface area contributed by atoms with E-state index in [-0.39, 0.29) is 11.5 Å². The van der Waals surface area contributed by atoms with E-state index in [9.17, 15) is 4.79 Å². The van der Waals surface area contributed by atoms with Crippen LogP contribution in [-0.2, 0) is 0 Å². The number of carboxylic acids is 1. The Morgan fingerprint density at radius 3 is 1.93 bits per heavy atom. The Kier molecular flexibility index (Phi) is 15.3. The molecule has 0 fully saturated rings. The van der Waals surface area contributed by atoms with Crippen LogP contribution < -0.4 is 15.3 Å². The first-order chi connectivity index (χ1) is 28.7. The van der Waals surface area contributed by atoms with E-state index in [1.165, 1.54) is 34.1 Å². The summed E-state index contributed by atoms with van der Waals surface area (Å²) >= 11 is 0. The minimum Gasteiger partial charge on any atom is -0.476 e. The normalized spacial score (nSPS) is 10.3. The van der Waals surface area contributed by atoms with E-state index >= 15 is 0 Å². The largest absolute Gasteiger partial charge is 0.476 e. The van der Waals surface area contributed by atoms with Crippen molar-refractivity contribution in [1.29, 1.82) is 0 Å². The number of carbonyl (C=O) groups is 1. The second kappa shape index (κ2) is 21.6. The molecule has 296 valence electrons. The molecule has 0 spiro atoms. The van der Waals surface area contributed by atoms with Crippen molar-refractivity contribution in [1.82, 2.24) is 43.6 Å². The predicted octanol–water partition coefficient (Wildman–Crippen LogP) is 6.43. The van der Waals surface area contributed by atoms with Gasteiger partial charge < -0.3 is 25.6 Å². The Morgan fingerprint density at radius 2 is 1.34 bits per heavy atom. The molecule has 0 atom stereocenters. The standard InChI is InChI=1S/C16H16N4.C12H13N.C9H8N4.C7H6N4O2/c1-19(2)16-14(9-8-13-6-4-3-5-7-13)20-11-10-17-12-15(20)18-16;1-13(2)11-7-6-10-12-8-4-3-5-9-12;1-2-6-13(7-3-1)12-9-8-10-4-5-11-9;8-6-5(7(12)13)11-2-1-9-3-4(11)10-6/h3-12H,1-2H3;3-6,8-10H,1-2H3;1-8H;1-3H,8H2,(H,12,13)/b9-8+;10-6+;;. The molecule has 0 aliphatic heterocycles. The van der Waals surface area contributed by atoms with Gasteiger partial charge in [-0.2, -0.15) is 10.1 Å². The third-order valence-electron chi connectivity index (χ3n) is 7.68. The van der Waals surface area contributed by atoms with Crippen molar-refractivity contribution in [2.75, 3.05) is 38.8 Å². The highest BCUT2D eigenvalue weighted by atomic mass is 16.4. The monoisotopic (exact) mass is 785 g/mol. The van der Waals surface area contributed by atoms with Crippen molar-refractivity contribution < 1.29 is 14.6 Å². The molecule has 15 nitrogen and oxygen atoms in total. The summed E-state index contributed by atoms with van der Waals surface area (Å²) in [5, 5.41) is 8.79. The van der Waals surface area contributed by atoms with Crippen LogP contribution in [-0.4, -0.2) is 82.9 Å². The van der Waals surface area contributed by atoms with E-state index in [2.05, 4.69) is 71.6 Å². The molecule has 15 heteroatoms. The van der Waals surface area contributed by atoms with Crippen molar-refractivity contribution in [3.63, 3.8) is 0 Å². The maximum atomic E-state index is 10.7. The number of aromatic nitrogens is 9. The number of rotatable bonds is 7. The highest BCUT2D eigenvalue weighted by Crippen LogP contribution is 2.22. The van der Waals surface area contributed by atoms with E-state index in [1.54, 1.807) is 35.7 Å². The van der Waals surface area contributed by atoms with E-state index < -0.39 is 5.97 Å². The van der Waals surface area contributed by atoms with Gasteiger partial charge in [-0.05, 0) is 29.4 Å². The summed E-state index contributed by atoms with van der Waals surface area (Å²) in [5.41, 5.74) is 14.2. The molecule has 0 saturated carbocycles. The third-order valence-corrected chi connectivity index (χ3v) is 7.68. The van der Waals surface area contributed by atoms with Crippen molar-refractivity contribution in [3.8, 4) is 12.0 Å². The lowest BCUT2D eigenvalue weighted by molar-refractivity contribution is -0.619. The summed E-state index contributed by atoms with van der Waals surface area (Å²) in [6, 6.07) is 29.0. The average Bonchev–Trinajstić information content (AvgIpc) is 3.81. The summed E-state index contributed by atoms with van der Waals surface area (Å²) < 4.78 is 5.11. The van der Waals surface area contributed by atoms with Crippen LogP contribution in [0.15, 0.2) is 153 Å². The number of anilines is 2. The Balaban J connectivity index is 0.000000153. The van der Waals surface area contributed by atoms with E-state index in [4.69, 9.17) is 10.8 Å². The fourth-order valence-electron chi connectivity index (χ4n) is 5.06. The van der Waals surface area contributed by atoms with Gasteiger partial charge in [-0.1, -0.05) is 84.9 Å². The fraction of sp³-hybridized carbons (Fsp3) is 0.0909. The molecule has 6 aromatic heterocycles. The zero-order valence-corrected chi connectivity index (χ0v) is 33.0. The average molecular weight is 786 g/mol. The maximum absolute atomic E-state index is 10.7. The molecule has 59 heavy (non-hydrogen) atoms. The van der Waals surface area contributed by atoms with Gasteiger partial charge in [-0.15, -0.1) is 0 Å². The smallest absolute Gasteiger partial charge is 0.356 e. The molecule has 0 bridgehead atoms. The molecular weight excluding hydrogens is 743 g/mol. The Morgan fingerprint density at radius 1 is 0.746 bits per heavy atom. The van der Waals surface area contributed by atoms with Crippen molar-refractivity contribution >= 4 is 52.9 Å². The molecule has 0 amide bonds. The highest BCUT2D eigenvalue weighted by Gasteiger charge is 2.15. The quantitative estimate of drug-likeness (QED) is 0.104. The number of hydrogen-bond acceptors (Lipinski definition) is 10. The number of carboxylic acid groups (broad SMARTS) is 1. The van der Waals surface area contributed by atoms with Gasteiger partial charge in [-0.25, -0.2) is 14.8 Å². The molecule has 0 aliphatic rings. The number of hydrogen-bond donors (Lipinski definition) is 2. The first kappa shape index (κ1) is 41.8. The van der Waals surface area contributed by atoms with Gasteiger partial charge in [0, 0.05) is 89.4 Å². The molecular formula is C44H43N13O2. The molecule has 0 saturated heterocycles. The Bertz CT molecular complexity index is 2600. The Hall–Kier alpha value is -8.38. The topological polar surface area (TPSA) is 174 Å². The van der Waals surface area contributed by atoms with Gasteiger partial charge in [0.15, 0.2) is 41.0 Å². The maximum Gasteiger partial charge on any atom is 0.356 e. The van der Waals surface area contributed by atoms with Gasteiger partial charge in [-0.3, -0.25) is 23.8 Å². The lowest BCUT2D eigenvalue weighted by atomic mass is 10.2. The number of nitrogen functional groups attached to an aromatic ring is 1. The minimum atomic E-state index is -1.10. The van der Waals surface area contributed by atoms with E-state index in [1.807, 2.05) is 140 Å². The van der Waals surface area contributed by atoms with Crippen LogP contribution in [0.2, 0.25) is 0 Å². The predicted molar refractivity (Wildman–Crippen MR) is 231 cm³/mol. The molecule has 3 N–H and O–H groups in total. The Labute approximate surface area is 342 Å². The first-order valence-electron chi connectivity index (χ1n) is 18.1. The van der Waals surface area contributed by atoms with Crippen molar-refractivity contribution in [2.45, 2.75) is 0 Å². The number of nitrogens with two attached hydrogens (primary N) is 1. The summed E-state index contributed by atoms with van der Waals surface area (Å²) in [4.78, 5) is 38.9. The molecule has 2 aromatic carbocycles. The van der Waals surface area contributed by atoms with Gasteiger partial charge in [0.25, 0.3) is 0 Å². The number of imidazole rings is 2. The van der Waals surface area contributed by atoms with Crippen LogP contribution in [0.3, 0.4) is 0 Å². The molecule has 6 heterocycles. The van der Waals surface area contributed by atoms with E-state index in [0.29, 0.717) is 11.5 Å². The zero-order valence-electron chi connectivity index (χ0n) is 33.0. The van der Waals surface area contributed by atoms with Crippen LogP contribution in [0.5, 0.6) is 0 Å². The highest BCUT2D eigenvalue weighted by molar-refractivity contribution is 5.92. The van der Waals surface area contributed by atoms with Gasteiger partial charge in [0.1, 0.15) is 0 Å². The number of allylic oxidation sites excluding steroid dienone is 1. The van der Waals surface area contributed by atoms with Crippen molar-refractivity contribution in [3.05, 3.63) is 181 Å². The summed E-state index contributed by atoms with van der Waals surface area (Å²) in [5.74, 6) is 3.36. The van der Waals surface area contributed by atoms with Crippen LogP contribution in [0, 0.1) is 12.0 Å².